The molecule has 0 bridgehead atoms. The van der Waals surface area contributed by atoms with Gasteiger partial charge in [-0.05, 0) is 48.7 Å². The molecule has 1 aromatic heterocycles. The van der Waals surface area contributed by atoms with Crippen LogP contribution in [0.1, 0.15) is 16.7 Å². The monoisotopic (exact) mass is 458 g/mol. The van der Waals surface area contributed by atoms with Crippen LogP contribution >= 0.6 is 11.6 Å². The third-order valence-corrected chi connectivity index (χ3v) is 5.36. The molecule has 3 aromatic rings. The highest BCUT2D eigenvalue weighted by Gasteiger charge is 2.21. The lowest BCUT2D eigenvalue weighted by Gasteiger charge is -2.20. The molecule has 0 aliphatic rings. The van der Waals surface area contributed by atoms with Gasteiger partial charge in [-0.3, -0.25) is 4.79 Å². The van der Waals surface area contributed by atoms with Gasteiger partial charge in [0.15, 0.2) is 11.3 Å². The quantitative estimate of drug-likeness (QED) is 0.511. The number of halogens is 1. The summed E-state index contributed by atoms with van der Waals surface area (Å²) < 4.78 is 15.9. The first-order valence-electron chi connectivity index (χ1n) is 9.67. The zero-order valence-corrected chi connectivity index (χ0v) is 18.4. The van der Waals surface area contributed by atoms with Crippen molar-refractivity contribution in [3.63, 3.8) is 0 Å². The molecule has 32 heavy (non-hydrogen) atoms. The fourth-order valence-corrected chi connectivity index (χ4v) is 3.55. The minimum atomic E-state index is -1.44. The second-order valence-corrected chi connectivity index (χ2v) is 7.55. The number of aliphatic carboxylic acids is 1. The number of ether oxygens (including phenoxy) is 2. The van der Waals surface area contributed by atoms with Crippen LogP contribution in [-0.4, -0.2) is 32.1 Å². The molecule has 8 nitrogen and oxygen atoms in total. The van der Waals surface area contributed by atoms with Crippen molar-refractivity contribution in [2.45, 2.75) is 25.8 Å². The van der Waals surface area contributed by atoms with Gasteiger partial charge in [0.05, 0.1) is 38.2 Å². The van der Waals surface area contributed by atoms with Gasteiger partial charge >= 0.3 is 5.63 Å². The summed E-state index contributed by atoms with van der Waals surface area (Å²) in [6, 6.07) is 8.65. The fourth-order valence-electron chi connectivity index (χ4n) is 3.43. The first kappa shape index (κ1) is 23.1. The van der Waals surface area contributed by atoms with Gasteiger partial charge in [-0.1, -0.05) is 23.7 Å². The number of amides is 1. The largest absolute Gasteiger partial charge is 0.548 e. The van der Waals surface area contributed by atoms with Crippen molar-refractivity contribution < 1.29 is 28.6 Å². The van der Waals surface area contributed by atoms with Crippen LogP contribution in [0.25, 0.3) is 11.0 Å². The number of rotatable bonds is 8. The maximum atomic E-state index is 12.6. The number of hydrogen-bond donors (Lipinski definition) is 1. The predicted octanol–water partition coefficient (Wildman–Crippen LogP) is 1.79. The van der Waals surface area contributed by atoms with E-state index in [-0.39, 0.29) is 29.7 Å². The molecule has 0 aliphatic carbocycles. The molecule has 0 spiro atoms. The topological polar surface area (TPSA) is 118 Å². The van der Waals surface area contributed by atoms with Crippen LogP contribution in [0.5, 0.6) is 11.5 Å². The van der Waals surface area contributed by atoms with Crippen molar-refractivity contribution in [1.29, 1.82) is 0 Å². The van der Waals surface area contributed by atoms with Crippen LogP contribution in [0, 0.1) is 6.92 Å². The Kier molecular flexibility index (Phi) is 7.05. The van der Waals surface area contributed by atoms with Gasteiger partial charge in [0.1, 0.15) is 0 Å². The molecule has 1 N–H and O–H groups in total. The van der Waals surface area contributed by atoms with E-state index in [2.05, 4.69) is 5.32 Å². The van der Waals surface area contributed by atoms with Gasteiger partial charge in [0, 0.05) is 10.4 Å². The zero-order chi connectivity index (χ0) is 23.4. The summed E-state index contributed by atoms with van der Waals surface area (Å²) in [6.45, 7) is 1.68. The van der Waals surface area contributed by atoms with Crippen LogP contribution in [0.2, 0.25) is 5.02 Å². The Morgan fingerprint density at radius 3 is 2.41 bits per heavy atom. The van der Waals surface area contributed by atoms with E-state index in [9.17, 15) is 19.5 Å². The number of carboxylic acid groups (broad SMARTS) is 1. The van der Waals surface area contributed by atoms with Crippen LogP contribution in [0.4, 0.5) is 0 Å². The highest BCUT2D eigenvalue weighted by atomic mass is 35.5. The van der Waals surface area contributed by atoms with E-state index in [1.54, 1.807) is 43.3 Å². The van der Waals surface area contributed by atoms with Crippen LogP contribution < -0.4 is 25.5 Å². The Morgan fingerprint density at radius 2 is 1.81 bits per heavy atom. The number of carboxylic acids is 1. The van der Waals surface area contributed by atoms with E-state index in [4.69, 9.17) is 25.5 Å². The smallest absolute Gasteiger partial charge is 0.340 e. The molecule has 0 saturated heterocycles. The van der Waals surface area contributed by atoms with Crippen molar-refractivity contribution in [1.82, 2.24) is 5.32 Å². The lowest BCUT2D eigenvalue weighted by Crippen LogP contribution is -2.49. The molecule has 168 valence electrons. The number of methoxy groups -OCH3 is 2. The summed E-state index contributed by atoms with van der Waals surface area (Å²) in [4.78, 5) is 36.7. The highest BCUT2D eigenvalue weighted by molar-refractivity contribution is 6.30. The summed E-state index contributed by atoms with van der Waals surface area (Å²) >= 11 is 5.84. The number of hydrogen-bond acceptors (Lipinski definition) is 7. The SMILES string of the molecule is COc1ccc2c(C)c(CC(=O)N[C@H](Cc3ccc(Cl)cc3)C(=O)[O-])c(=O)oc2c1OC. The minimum Gasteiger partial charge on any atom is -0.548 e. The van der Waals surface area contributed by atoms with Crippen molar-refractivity contribution >= 4 is 34.4 Å². The number of carbonyl (C=O) groups is 2. The Labute approximate surface area is 188 Å². The molecule has 2 aromatic carbocycles. The van der Waals surface area contributed by atoms with E-state index in [1.165, 1.54) is 14.2 Å². The molecule has 0 radical (unpaired) electrons. The van der Waals surface area contributed by atoms with Crippen molar-refractivity contribution in [3.8, 4) is 11.5 Å². The van der Waals surface area contributed by atoms with E-state index in [1.807, 2.05) is 0 Å². The maximum Gasteiger partial charge on any atom is 0.340 e. The van der Waals surface area contributed by atoms with Gasteiger partial charge in [0.25, 0.3) is 0 Å². The first-order chi connectivity index (χ1) is 15.2. The summed E-state index contributed by atoms with van der Waals surface area (Å²) in [6.07, 6.45) is -0.351. The van der Waals surface area contributed by atoms with E-state index >= 15 is 0 Å². The number of nitrogens with one attached hydrogen (secondary N) is 1. The highest BCUT2D eigenvalue weighted by Crippen LogP contribution is 2.36. The maximum absolute atomic E-state index is 12.6. The third kappa shape index (κ3) is 4.86. The Balaban J connectivity index is 1.86. The average molecular weight is 459 g/mol. The number of benzene rings is 2. The fraction of sp³-hybridized carbons (Fsp3) is 0.261. The molecule has 0 fully saturated rings. The van der Waals surface area contributed by atoms with Gasteiger partial charge < -0.3 is 29.1 Å². The molecular weight excluding hydrogens is 438 g/mol. The standard InChI is InChI=1S/C23H22ClNO7/c1-12-15-8-9-18(30-2)21(31-3)20(15)32-23(29)16(12)11-19(26)25-17(22(27)28)10-13-4-6-14(24)7-5-13/h4-9,17H,10-11H2,1-3H3,(H,25,26)(H,27,28)/p-1/t17-/m1/s1. The molecule has 0 aliphatic heterocycles. The predicted molar refractivity (Wildman–Crippen MR) is 116 cm³/mol. The van der Waals surface area contributed by atoms with E-state index in [0.717, 1.165) is 0 Å². The van der Waals surface area contributed by atoms with Crippen LogP contribution in [-0.2, 0) is 22.4 Å². The second-order valence-electron chi connectivity index (χ2n) is 7.12. The summed E-state index contributed by atoms with van der Waals surface area (Å²) in [5, 5.41) is 15.0. The van der Waals surface area contributed by atoms with E-state index in [0.29, 0.717) is 27.3 Å². The van der Waals surface area contributed by atoms with E-state index < -0.39 is 23.5 Å². The van der Waals surface area contributed by atoms with Crippen LogP contribution in [0.15, 0.2) is 45.6 Å². The molecule has 0 unspecified atom stereocenters. The van der Waals surface area contributed by atoms with Crippen molar-refractivity contribution in [2.24, 2.45) is 0 Å². The Bertz CT molecular complexity index is 1220. The number of fused-ring (bicyclic) bond motifs is 1. The molecule has 9 heteroatoms. The molecule has 3 rings (SSSR count). The van der Waals surface area contributed by atoms with Crippen molar-refractivity contribution in [3.05, 3.63) is 68.5 Å². The van der Waals surface area contributed by atoms with Gasteiger partial charge in [-0.25, -0.2) is 4.79 Å². The zero-order valence-electron chi connectivity index (χ0n) is 17.7. The first-order valence-corrected chi connectivity index (χ1v) is 10.0. The molecule has 1 heterocycles. The molecule has 1 atom stereocenters. The number of carbonyl (C=O) groups excluding carboxylic acids is 2. The summed E-state index contributed by atoms with van der Waals surface area (Å²) in [7, 11) is 2.89. The second kappa shape index (κ2) is 9.74. The molecule has 0 saturated carbocycles. The van der Waals surface area contributed by atoms with Gasteiger partial charge in [-0.15, -0.1) is 0 Å². The van der Waals surface area contributed by atoms with Crippen molar-refractivity contribution in [2.75, 3.05) is 14.2 Å². The third-order valence-electron chi connectivity index (χ3n) is 5.11. The Hall–Kier alpha value is -3.52. The lowest BCUT2D eigenvalue weighted by atomic mass is 10.0. The normalized spacial score (nSPS) is 11.8. The molecular formula is C23H21ClNO7-. The number of aryl methyl sites for hydroxylation is 1. The van der Waals surface area contributed by atoms with Crippen LogP contribution in [0.3, 0.4) is 0 Å². The van der Waals surface area contributed by atoms with Gasteiger partial charge in [-0.2, -0.15) is 0 Å². The average Bonchev–Trinajstić information content (AvgIpc) is 2.76. The summed E-state index contributed by atoms with van der Waals surface area (Å²) in [5.74, 6) is -1.43. The van der Waals surface area contributed by atoms with Gasteiger partial charge in [0.2, 0.25) is 11.7 Å². The lowest BCUT2D eigenvalue weighted by molar-refractivity contribution is -0.308. The Morgan fingerprint density at radius 1 is 1.12 bits per heavy atom. The minimum absolute atomic E-state index is 0.00749. The molecule has 1 amide bonds. The summed E-state index contributed by atoms with van der Waals surface area (Å²) in [5.41, 5.74) is 0.778.